The Kier molecular flexibility index (Phi) is 6.34. The van der Waals surface area contributed by atoms with E-state index < -0.39 is 0 Å². The first-order chi connectivity index (χ1) is 9.00. The first-order valence-corrected chi connectivity index (χ1v) is 7.67. The summed E-state index contributed by atoms with van der Waals surface area (Å²) < 4.78 is 0. The van der Waals surface area contributed by atoms with Gasteiger partial charge in [0.2, 0.25) is 0 Å². The van der Waals surface area contributed by atoms with Crippen molar-refractivity contribution in [2.75, 3.05) is 0 Å². The minimum absolute atomic E-state index is 1.17. The van der Waals surface area contributed by atoms with E-state index in [0.717, 1.165) is 0 Å². The lowest BCUT2D eigenvalue weighted by Gasteiger charge is -2.18. The van der Waals surface area contributed by atoms with Crippen LogP contribution in [0, 0.1) is 34.6 Å². The average Bonchev–Trinajstić information content (AvgIpc) is 2.41. The third kappa shape index (κ3) is 3.96. The van der Waals surface area contributed by atoms with Crippen molar-refractivity contribution in [2.24, 2.45) is 0 Å². The SMILES string of the molecule is C=CCCCCCCc1c(C)c(C)c(C)c(C)c1C. The number of rotatable bonds is 7. The number of benzene rings is 1. The van der Waals surface area contributed by atoms with Crippen LogP contribution in [-0.2, 0) is 6.42 Å². The number of hydrogen-bond acceptors (Lipinski definition) is 0. The number of hydrogen-bond donors (Lipinski definition) is 0. The zero-order chi connectivity index (χ0) is 14.4. The molecule has 19 heavy (non-hydrogen) atoms. The lowest BCUT2D eigenvalue weighted by molar-refractivity contribution is 0.644. The molecule has 0 aliphatic carbocycles. The fourth-order valence-corrected chi connectivity index (χ4v) is 2.90. The Hall–Kier alpha value is -1.04. The lowest BCUT2D eigenvalue weighted by Crippen LogP contribution is -2.03. The van der Waals surface area contributed by atoms with Crippen molar-refractivity contribution in [1.82, 2.24) is 0 Å². The van der Waals surface area contributed by atoms with Crippen LogP contribution in [0.3, 0.4) is 0 Å². The monoisotopic (exact) mass is 258 g/mol. The molecule has 0 heterocycles. The molecular formula is C19H30. The number of allylic oxidation sites excluding steroid dienone is 1. The summed E-state index contributed by atoms with van der Waals surface area (Å²) in [4.78, 5) is 0. The first kappa shape index (κ1) is 16.0. The highest BCUT2D eigenvalue weighted by Crippen LogP contribution is 2.27. The van der Waals surface area contributed by atoms with Gasteiger partial charge in [0, 0.05) is 0 Å². The molecular weight excluding hydrogens is 228 g/mol. The number of unbranched alkanes of at least 4 members (excludes halogenated alkanes) is 4. The molecule has 0 radical (unpaired) electrons. The van der Waals surface area contributed by atoms with E-state index in [1.54, 1.807) is 5.56 Å². The molecule has 1 rings (SSSR count). The summed E-state index contributed by atoms with van der Waals surface area (Å²) in [5.41, 5.74) is 9.10. The Morgan fingerprint density at radius 3 is 1.68 bits per heavy atom. The van der Waals surface area contributed by atoms with Crippen molar-refractivity contribution < 1.29 is 0 Å². The minimum Gasteiger partial charge on any atom is -0.103 e. The molecule has 0 aliphatic heterocycles. The van der Waals surface area contributed by atoms with Crippen molar-refractivity contribution in [3.05, 3.63) is 46.0 Å². The summed E-state index contributed by atoms with van der Waals surface area (Å²) >= 11 is 0. The van der Waals surface area contributed by atoms with E-state index in [0.29, 0.717) is 0 Å². The highest BCUT2D eigenvalue weighted by molar-refractivity contribution is 5.49. The van der Waals surface area contributed by atoms with Gasteiger partial charge in [0.25, 0.3) is 0 Å². The molecule has 0 aliphatic rings. The van der Waals surface area contributed by atoms with Gasteiger partial charge < -0.3 is 0 Å². The van der Waals surface area contributed by atoms with Gasteiger partial charge >= 0.3 is 0 Å². The van der Waals surface area contributed by atoms with Gasteiger partial charge in [-0.1, -0.05) is 18.9 Å². The highest BCUT2D eigenvalue weighted by Gasteiger charge is 2.11. The Morgan fingerprint density at radius 2 is 1.16 bits per heavy atom. The van der Waals surface area contributed by atoms with E-state index in [-0.39, 0.29) is 0 Å². The third-order valence-corrected chi connectivity index (χ3v) is 4.74. The summed E-state index contributed by atoms with van der Waals surface area (Å²) in [5, 5.41) is 0. The second kappa shape index (κ2) is 7.53. The van der Waals surface area contributed by atoms with Crippen LogP contribution in [0.25, 0.3) is 0 Å². The maximum Gasteiger partial charge on any atom is -0.0273 e. The molecule has 0 N–H and O–H groups in total. The predicted molar refractivity (Wildman–Crippen MR) is 87.1 cm³/mol. The van der Waals surface area contributed by atoms with Crippen LogP contribution in [0.15, 0.2) is 12.7 Å². The summed E-state index contributed by atoms with van der Waals surface area (Å²) in [6, 6.07) is 0. The van der Waals surface area contributed by atoms with Crippen LogP contribution < -0.4 is 0 Å². The highest BCUT2D eigenvalue weighted by atomic mass is 14.2. The average molecular weight is 258 g/mol. The first-order valence-electron chi connectivity index (χ1n) is 7.67. The predicted octanol–water partition coefficient (Wildman–Crippen LogP) is 5.91. The molecule has 0 atom stereocenters. The fourth-order valence-electron chi connectivity index (χ4n) is 2.90. The summed E-state index contributed by atoms with van der Waals surface area (Å²) in [6.45, 7) is 15.2. The Bertz CT molecular complexity index is 409. The second-order valence-corrected chi connectivity index (χ2v) is 5.85. The van der Waals surface area contributed by atoms with Gasteiger partial charge in [-0.25, -0.2) is 0 Å². The van der Waals surface area contributed by atoms with Crippen molar-refractivity contribution in [1.29, 1.82) is 0 Å². The minimum atomic E-state index is 1.17. The van der Waals surface area contributed by atoms with E-state index in [1.807, 2.05) is 6.08 Å². The van der Waals surface area contributed by atoms with Crippen LogP contribution in [0.1, 0.15) is 65.5 Å². The molecule has 1 aromatic carbocycles. The van der Waals surface area contributed by atoms with E-state index in [9.17, 15) is 0 Å². The smallest absolute Gasteiger partial charge is 0.0273 e. The largest absolute Gasteiger partial charge is 0.103 e. The Labute approximate surface area is 119 Å². The zero-order valence-electron chi connectivity index (χ0n) is 13.5. The van der Waals surface area contributed by atoms with Crippen LogP contribution in [-0.4, -0.2) is 0 Å². The van der Waals surface area contributed by atoms with Crippen LogP contribution in [0.2, 0.25) is 0 Å². The maximum atomic E-state index is 3.78. The molecule has 0 aromatic heterocycles. The van der Waals surface area contributed by atoms with Gasteiger partial charge in [0.05, 0.1) is 0 Å². The molecule has 0 nitrogen and oxygen atoms in total. The fraction of sp³-hybridized carbons (Fsp3) is 0.579. The quantitative estimate of drug-likeness (QED) is 0.421. The standard InChI is InChI=1S/C19H30/c1-7-8-9-10-11-12-13-19-17(5)15(3)14(2)16(4)18(19)6/h7H,1,8-13H2,2-6H3. The molecule has 0 unspecified atom stereocenters. The van der Waals surface area contributed by atoms with Crippen LogP contribution in [0.4, 0.5) is 0 Å². The van der Waals surface area contributed by atoms with Crippen molar-refractivity contribution >= 4 is 0 Å². The normalized spacial score (nSPS) is 10.8. The molecule has 0 amide bonds. The van der Waals surface area contributed by atoms with Gasteiger partial charge in [-0.15, -0.1) is 6.58 Å². The lowest BCUT2D eigenvalue weighted by atomic mass is 9.87. The van der Waals surface area contributed by atoms with Gasteiger partial charge in [-0.3, -0.25) is 0 Å². The molecule has 0 saturated heterocycles. The van der Waals surface area contributed by atoms with Gasteiger partial charge in [-0.05, 0) is 93.7 Å². The summed E-state index contributed by atoms with van der Waals surface area (Å²) in [5.74, 6) is 0. The van der Waals surface area contributed by atoms with Gasteiger partial charge in [0.15, 0.2) is 0 Å². The van der Waals surface area contributed by atoms with E-state index in [1.165, 1.54) is 66.3 Å². The van der Waals surface area contributed by atoms with E-state index >= 15 is 0 Å². The Morgan fingerprint density at radius 1 is 0.684 bits per heavy atom. The molecule has 0 heteroatoms. The van der Waals surface area contributed by atoms with Crippen LogP contribution in [0.5, 0.6) is 0 Å². The Balaban J connectivity index is 2.66. The molecule has 1 aromatic rings. The second-order valence-electron chi connectivity index (χ2n) is 5.85. The van der Waals surface area contributed by atoms with Gasteiger partial charge in [0.1, 0.15) is 0 Å². The van der Waals surface area contributed by atoms with E-state index in [2.05, 4.69) is 41.2 Å². The summed E-state index contributed by atoms with van der Waals surface area (Å²) in [6.07, 6.45) is 9.75. The van der Waals surface area contributed by atoms with Crippen molar-refractivity contribution in [3.63, 3.8) is 0 Å². The molecule has 106 valence electrons. The zero-order valence-corrected chi connectivity index (χ0v) is 13.5. The molecule has 0 spiro atoms. The van der Waals surface area contributed by atoms with Crippen molar-refractivity contribution in [2.45, 2.75) is 73.1 Å². The summed E-state index contributed by atoms with van der Waals surface area (Å²) in [7, 11) is 0. The van der Waals surface area contributed by atoms with E-state index in [4.69, 9.17) is 0 Å². The third-order valence-electron chi connectivity index (χ3n) is 4.74. The topological polar surface area (TPSA) is 0 Å². The molecule has 0 bridgehead atoms. The molecule has 0 fully saturated rings. The van der Waals surface area contributed by atoms with Crippen LogP contribution >= 0.6 is 0 Å². The van der Waals surface area contributed by atoms with Gasteiger partial charge in [-0.2, -0.15) is 0 Å². The molecule has 0 saturated carbocycles. The van der Waals surface area contributed by atoms with Crippen molar-refractivity contribution in [3.8, 4) is 0 Å². The maximum absolute atomic E-state index is 3.78.